The minimum Gasteiger partial charge on any atom is -0.222 e. The summed E-state index contributed by atoms with van der Waals surface area (Å²) < 4.78 is 337. The SMILES string of the molecule is FC(F)(F)C(F)(F)C(F)(F)C(F)(F)C(F)(C(F)(F)F)C(F)(C(F)(F)F)C(F)(F)C(F)(F)C(F)(F)C(F)(F)F. The van der Waals surface area contributed by atoms with Crippen molar-refractivity contribution in [1.82, 2.24) is 0 Å². The van der Waals surface area contributed by atoms with E-state index in [-0.39, 0.29) is 0 Å². The van der Waals surface area contributed by atoms with Gasteiger partial charge in [-0.25, -0.2) is 8.78 Å². The Kier molecular flexibility index (Phi) is 7.95. The van der Waals surface area contributed by atoms with Crippen LogP contribution in [0.2, 0.25) is 0 Å². The number of hydrogen-bond donors (Lipinski definition) is 0. The quantitative estimate of drug-likeness (QED) is 0.246. The Hall–Kier alpha value is -1.82. The molecule has 0 aliphatic rings. The molecule has 0 aliphatic heterocycles. The van der Waals surface area contributed by atoms with Crippen LogP contribution in [0.3, 0.4) is 0 Å². The first kappa shape index (κ1) is 36.2. The zero-order chi connectivity index (χ0) is 32.0. The molecule has 0 fully saturated rings. The minimum atomic E-state index is -10.3. The van der Waals surface area contributed by atoms with Gasteiger partial charge in [0, 0.05) is 0 Å². The molecule has 0 saturated carbocycles. The highest BCUT2D eigenvalue weighted by Gasteiger charge is 3.04. The second-order valence-corrected chi connectivity index (χ2v) is 6.75. The first-order valence-electron chi connectivity index (χ1n) is 7.66. The lowest BCUT2D eigenvalue weighted by molar-refractivity contribution is -0.498. The zero-order valence-electron chi connectivity index (χ0n) is 15.8. The lowest BCUT2D eigenvalue weighted by Gasteiger charge is -2.51. The van der Waals surface area contributed by atoms with Crippen LogP contribution in [-0.2, 0) is 0 Å². The fourth-order valence-electron chi connectivity index (χ4n) is 2.36. The molecule has 230 valence electrons. The molecule has 0 aromatic heterocycles. The van der Waals surface area contributed by atoms with Gasteiger partial charge >= 0.3 is 71.6 Å². The molecule has 2 atom stereocenters. The van der Waals surface area contributed by atoms with Crippen LogP contribution in [0.5, 0.6) is 0 Å². The monoisotopic (exact) mass is 638 g/mol. The number of rotatable bonds is 7. The number of hydrogen-bond acceptors (Lipinski definition) is 0. The van der Waals surface area contributed by atoms with E-state index < -0.39 is 71.6 Å². The predicted molar refractivity (Wildman–Crippen MR) is 61.6 cm³/mol. The standard InChI is InChI=1S/C12F26/c13-1(9(27,28)29,3(15,16)5(19,20)7(23,24)11(33,34)35)2(14,10(30,31)32)4(17,18)6(21,22)8(25,26)12(36,37)38. The van der Waals surface area contributed by atoms with E-state index >= 15 is 0 Å². The van der Waals surface area contributed by atoms with Crippen LogP contribution in [0, 0.1) is 0 Å². The van der Waals surface area contributed by atoms with Crippen LogP contribution in [0.25, 0.3) is 0 Å². The second kappa shape index (κ2) is 8.34. The van der Waals surface area contributed by atoms with Gasteiger partial charge < -0.3 is 0 Å². The van der Waals surface area contributed by atoms with Gasteiger partial charge in [-0.3, -0.25) is 0 Å². The number of halogens is 26. The molecule has 0 nitrogen and oxygen atoms in total. The molecule has 0 aromatic rings. The molecule has 0 bridgehead atoms. The molecule has 0 amide bonds. The predicted octanol–water partition coefficient (Wildman–Crippen LogP) is 8.46. The van der Waals surface area contributed by atoms with Crippen LogP contribution >= 0.6 is 0 Å². The van der Waals surface area contributed by atoms with E-state index in [0.29, 0.717) is 0 Å². The zero-order valence-corrected chi connectivity index (χ0v) is 15.8. The van der Waals surface area contributed by atoms with Gasteiger partial charge in [-0.05, 0) is 0 Å². The average molecular weight is 638 g/mol. The van der Waals surface area contributed by atoms with Crippen molar-refractivity contribution < 1.29 is 114 Å². The summed E-state index contributed by atoms with van der Waals surface area (Å²) in [6.45, 7) is 0. The normalized spacial score (nSPS) is 19.7. The van der Waals surface area contributed by atoms with E-state index in [0.717, 1.165) is 0 Å². The van der Waals surface area contributed by atoms with Gasteiger partial charge in [-0.1, -0.05) is 0 Å². The molecule has 0 aromatic carbocycles. The van der Waals surface area contributed by atoms with Crippen molar-refractivity contribution in [3.8, 4) is 0 Å². The topological polar surface area (TPSA) is 0 Å². The summed E-state index contributed by atoms with van der Waals surface area (Å²) in [5.41, 5.74) is -20.6. The van der Waals surface area contributed by atoms with Gasteiger partial charge in [-0.2, -0.15) is 105 Å². The summed E-state index contributed by atoms with van der Waals surface area (Å²) in [6.07, 6.45) is -35.8. The smallest absolute Gasteiger partial charge is 0.222 e. The van der Waals surface area contributed by atoms with E-state index in [9.17, 15) is 114 Å². The maximum atomic E-state index is 14.3. The molecule has 26 heteroatoms. The molecule has 38 heavy (non-hydrogen) atoms. The largest absolute Gasteiger partial charge is 0.460 e. The third-order valence-electron chi connectivity index (χ3n) is 4.41. The van der Waals surface area contributed by atoms with Crippen molar-refractivity contribution in [2.75, 3.05) is 0 Å². The Morgan fingerprint density at radius 2 is 0.316 bits per heavy atom. The molecule has 0 N–H and O–H groups in total. The average Bonchev–Trinajstić information content (AvgIpc) is 2.61. The molecule has 0 saturated heterocycles. The first-order chi connectivity index (χ1) is 15.8. The van der Waals surface area contributed by atoms with Crippen LogP contribution in [0.4, 0.5) is 114 Å². The van der Waals surface area contributed by atoms with Crippen LogP contribution < -0.4 is 0 Å². The maximum Gasteiger partial charge on any atom is 0.460 e. The maximum absolute atomic E-state index is 14.3. The Labute approximate surface area is 187 Å². The van der Waals surface area contributed by atoms with E-state index in [1.165, 1.54) is 0 Å². The van der Waals surface area contributed by atoms with Crippen molar-refractivity contribution >= 4 is 0 Å². The lowest BCUT2D eigenvalue weighted by atomic mass is 9.70. The van der Waals surface area contributed by atoms with Gasteiger partial charge in [-0.15, -0.1) is 0 Å². The Balaban J connectivity index is 8.30. The van der Waals surface area contributed by atoms with Gasteiger partial charge in [0.1, 0.15) is 0 Å². The minimum absolute atomic E-state index is 8.43. The van der Waals surface area contributed by atoms with E-state index in [1.54, 1.807) is 0 Å². The van der Waals surface area contributed by atoms with Crippen molar-refractivity contribution in [3.63, 3.8) is 0 Å². The summed E-state index contributed by atoms with van der Waals surface area (Å²) in [4.78, 5) is 0. The van der Waals surface area contributed by atoms with Crippen LogP contribution in [0.15, 0.2) is 0 Å². The highest BCUT2D eigenvalue weighted by atomic mass is 19.5. The van der Waals surface area contributed by atoms with Gasteiger partial charge in [0.05, 0.1) is 0 Å². The number of alkyl halides is 26. The molecule has 0 spiro atoms. The fourth-order valence-corrected chi connectivity index (χ4v) is 2.36. The lowest BCUT2D eigenvalue weighted by Crippen LogP contribution is -2.85. The Bertz CT molecular complexity index is 789. The van der Waals surface area contributed by atoms with Crippen LogP contribution in [0.1, 0.15) is 0 Å². The van der Waals surface area contributed by atoms with Crippen LogP contribution in [-0.4, -0.2) is 71.6 Å². The van der Waals surface area contributed by atoms with Crippen molar-refractivity contribution in [2.24, 2.45) is 0 Å². The molecule has 0 rings (SSSR count). The molecular weight excluding hydrogens is 638 g/mol. The summed E-state index contributed by atoms with van der Waals surface area (Å²) in [5.74, 6) is -57.2. The summed E-state index contributed by atoms with van der Waals surface area (Å²) in [6, 6.07) is 0. The molecule has 0 heterocycles. The van der Waals surface area contributed by atoms with Gasteiger partial charge in [0.25, 0.3) is 0 Å². The van der Waals surface area contributed by atoms with E-state index in [1.807, 2.05) is 0 Å². The van der Waals surface area contributed by atoms with Crippen molar-refractivity contribution in [1.29, 1.82) is 0 Å². The van der Waals surface area contributed by atoms with E-state index in [2.05, 4.69) is 0 Å². The fraction of sp³-hybridized carbons (Fsp3) is 1.00. The molecule has 0 aliphatic carbocycles. The molecular formula is C12F26. The summed E-state index contributed by atoms with van der Waals surface area (Å²) in [5, 5.41) is 0. The summed E-state index contributed by atoms with van der Waals surface area (Å²) >= 11 is 0. The van der Waals surface area contributed by atoms with Crippen molar-refractivity contribution in [3.05, 3.63) is 0 Å². The van der Waals surface area contributed by atoms with Crippen molar-refractivity contribution in [2.45, 2.75) is 71.6 Å². The Morgan fingerprint density at radius 3 is 0.421 bits per heavy atom. The molecule has 0 radical (unpaired) electrons. The van der Waals surface area contributed by atoms with E-state index in [4.69, 9.17) is 0 Å². The summed E-state index contributed by atoms with van der Waals surface area (Å²) in [7, 11) is 0. The third kappa shape index (κ3) is 3.98. The molecule has 2 unspecified atom stereocenters. The highest BCUT2D eigenvalue weighted by molar-refractivity contribution is 5.28. The van der Waals surface area contributed by atoms with Gasteiger partial charge in [0.15, 0.2) is 0 Å². The third-order valence-corrected chi connectivity index (χ3v) is 4.41. The first-order valence-corrected chi connectivity index (χ1v) is 7.66. The highest BCUT2D eigenvalue weighted by Crippen LogP contribution is 2.71. The Morgan fingerprint density at radius 1 is 0.158 bits per heavy atom. The van der Waals surface area contributed by atoms with Gasteiger partial charge in [0.2, 0.25) is 0 Å². The second-order valence-electron chi connectivity index (χ2n) is 6.75.